The zero-order valence-electron chi connectivity index (χ0n) is 14.5. The Morgan fingerprint density at radius 3 is 2.84 bits per heavy atom. The molecule has 2 heterocycles. The average Bonchev–Trinajstić information content (AvgIpc) is 3.16. The number of furan rings is 1. The second-order valence-corrected chi connectivity index (χ2v) is 5.73. The molecule has 0 saturated heterocycles. The van der Waals surface area contributed by atoms with Crippen molar-refractivity contribution in [2.45, 2.75) is 33.4 Å². The van der Waals surface area contributed by atoms with Crippen LogP contribution in [0.1, 0.15) is 36.0 Å². The summed E-state index contributed by atoms with van der Waals surface area (Å²) in [7, 11) is 1.62. The number of hydrogen-bond donors (Lipinski definition) is 2. The molecule has 8 heteroatoms. The lowest BCUT2D eigenvalue weighted by atomic mass is 10.1. The van der Waals surface area contributed by atoms with E-state index in [0.717, 1.165) is 22.3 Å². The molecule has 2 amide bonds. The van der Waals surface area contributed by atoms with E-state index in [4.69, 9.17) is 13.7 Å². The molecule has 0 radical (unpaired) electrons. The quantitative estimate of drug-likeness (QED) is 0.737. The minimum absolute atomic E-state index is 0.187. The molecule has 0 bridgehead atoms. The van der Waals surface area contributed by atoms with E-state index in [-0.39, 0.29) is 18.6 Å². The molecule has 3 aromatic rings. The molecule has 2 aromatic heterocycles. The van der Waals surface area contributed by atoms with E-state index in [0.29, 0.717) is 17.5 Å². The van der Waals surface area contributed by atoms with Crippen LogP contribution in [0.3, 0.4) is 0 Å². The van der Waals surface area contributed by atoms with Gasteiger partial charge in [0.25, 0.3) is 0 Å². The number of aromatic nitrogens is 2. The van der Waals surface area contributed by atoms with E-state index < -0.39 is 0 Å². The largest absolute Gasteiger partial charge is 0.497 e. The molecule has 2 N–H and O–H groups in total. The summed E-state index contributed by atoms with van der Waals surface area (Å²) in [6.45, 7) is 5.70. The first-order valence-corrected chi connectivity index (χ1v) is 7.88. The number of amides is 2. The Hall–Kier alpha value is -3.03. The summed E-state index contributed by atoms with van der Waals surface area (Å²) in [5, 5.41) is 10.2. The Morgan fingerprint density at radius 1 is 1.36 bits per heavy atom. The van der Waals surface area contributed by atoms with E-state index in [1.807, 2.05) is 32.0 Å². The van der Waals surface area contributed by atoms with Crippen molar-refractivity contribution in [2.75, 3.05) is 7.11 Å². The van der Waals surface area contributed by atoms with Crippen molar-refractivity contribution in [3.8, 4) is 5.75 Å². The first kappa shape index (κ1) is 16.8. The summed E-state index contributed by atoms with van der Waals surface area (Å²) in [6.07, 6.45) is 0. The first-order chi connectivity index (χ1) is 12.0. The van der Waals surface area contributed by atoms with Crippen molar-refractivity contribution < 1.29 is 18.5 Å². The number of methoxy groups -OCH3 is 1. The number of carbonyl (C=O) groups is 1. The number of nitrogens with zero attached hydrogens (tertiary/aromatic N) is 2. The third kappa shape index (κ3) is 3.57. The molecule has 8 nitrogen and oxygen atoms in total. The van der Waals surface area contributed by atoms with Crippen LogP contribution in [0, 0.1) is 13.8 Å². The second-order valence-electron chi connectivity index (χ2n) is 5.73. The number of benzene rings is 1. The van der Waals surface area contributed by atoms with Crippen LogP contribution in [0.25, 0.3) is 11.0 Å². The number of fused-ring (bicyclic) bond motifs is 1. The predicted octanol–water partition coefficient (Wildman–Crippen LogP) is 3.00. The van der Waals surface area contributed by atoms with E-state index in [9.17, 15) is 4.79 Å². The molecular formula is C17H20N4O4. The lowest BCUT2D eigenvalue weighted by molar-refractivity contribution is 0.235. The summed E-state index contributed by atoms with van der Waals surface area (Å²) in [6, 6.07) is 4.98. The van der Waals surface area contributed by atoms with Gasteiger partial charge in [-0.25, -0.2) is 4.79 Å². The Bertz CT molecular complexity index is 899. The lowest BCUT2D eigenvalue weighted by Gasteiger charge is -2.12. The number of rotatable bonds is 5. The minimum atomic E-state index is -0.340. The molecule has 0 aliphatic rings. The summed E-state index contributed by atoms with van der Waals surface area (Å²) in [5.41, 5.74) is 1.72. The molecule has 0 aliphatic heterocycles. The van der Waals surface area contributed by atoms with E-state index in [1.54, 1.807) is 14.0 Å². The highest BCUT2D eigenvalue weighted by Crippen LogP contribution is 2.31. The van der Waals surface area contributed by atoms with Crippen LogP contribution in [0.15, 0.2) is 27.1 Å². The molecule has 1 atom stereocenters. The molecule has 0 spiro atoms. The predicted molar refractivity (Wildman–Crippen MR) is 90.3 cm³/mol. The number of hydrogen-bond acceptors (Lipinski definition) is 6. The summed E-state index contributed by atoms with van der Waals surface area (Å²) < 4.78 is 16.0. The maximum atomic E-state index is 12.1. The number of urea groups is 1. The Balaban J connectivity index is 1.68. The van der Waals surface area contributed by atoms with Crippen molar-refractivity contribution in [1.82, 2.24) is 20.8 Å². The van der Waals surface area contributed by atoms with Crippen molar-refractivity contribution in [1.29, 1.82) is 0 Å². The van der Waals surface area contributed by atoms with Crippen molar-refractivity contribution in [3.05, 3.63) is 41.2 Å². The molecule has 132 valence electrons. The maximum absolute atomic E-state index is 12.1. The third-order valence-electron chi connectivity index (χ3n) is 3.90. The molecule has 1 aromatic carbocycles. The normalized spacial score (nSPS) is 12.2. The van der Waals surface area contributed by atoms with Gasteiger partial charge < -0.3 is 24.3 Å². The van der Waals surface area contributed by atoms with Gasteiger partial charge in [0.05, 0.1) is 19.7 Å². The van der Waals surface area contributed by atoms with Gasteiger partial charge in [0, 0.05) is 17.9 Å². The summed E-state index contributed by atoms with van der Waals surface area (Å²) in [5.74, 6) is 2.34. The fraction of sp³-hybridized carbons (Fsp3) is 0.353. The number of nitrogens with one attached hydrogen (secondary N) is 2. The minimum Gasteiger partial charge on any atom is -0.497 e. The van der Waals surface area contributed by atoms with E-state index >= 15 is 0 Å². The highest BCUT2D eigenvalue weighted by atomic mass is 16.5. The Labute approximate surface area is 144 Å². The molecule has 0 fully saturated rings. The second kappa shape index (κ2) is 6.84. The van der Waals surface area contributed by atoms with Crippen molar-refractivity contribution in [2.24, 2.45) is 0 Å². The van der Waals surface area contributed by atoms with Crippen molar-refractivity contribution in [3.63, 3.8) is 0 Å². The highest BCUT2D eigenvalue weighted by Gasteiger charge is 2.19. The molecule has 0 unspecified atom stereocenters. The van der Waals surface area contributed by atoms with Crippen LogP contribution in [0.2, 0.25) is 0 Å². The fourth-order valence-corrected chi connectivity index (χ4v) is 2.64. The molecule has 0 aliphatic carbocycles. The molecule has 25 heavy (non-hydrogen) atoms. The Kier molecular flexibility index (Phi) is 4.60. The van der Waals surface area contributed by atoms with Crippen LogP contribution < -0.4 is 15.4 Å². The highest BCUT2D eigenvalue weighted by molar-refractivity contribution is 5.84. The van der Waals surface area contributed by atoms with Gasteiger partial charge in [-0.15, -0.1) is 0 Å². The van der Waals surface area contributed by atoms with Crippen LogP contribution in [0.5, 0.6) is 5.75 Å². The van der Waals surface area contributed by atoms with Crippen LogP contribution in [0.4, 0.5) is 4.79 Å². The number of ether oxygens (including phenoxy) is 1. The SMILES string of the molecule is COc1ccc2oc([C@@H](C)NC(=O)NCc3noc(C)n3)c(C)c2c1. The van der Waals surface area contributed by atoms with Gasteiger partial charge >= 0.3 is 6.03 Å². The lowest BCUT2D eigenvalue weighted by Crippen LogP contribution is -2.36. The fourth-order valence-electron chi connectivity index (χ4n) is 2.64. The zero-order chi connectivity index (χ0) is 18.0. The molecule has 3 rings (SSSR count). The standard InChI is InChI=1S/C17H20N4O4/c1-9-13-7-12(23-4)5-6-14(13)24-16(9)10(2)19-17(22)18-8-15-20-11(3)25-21-15/h5-7,10H,8H2,1-4H3,(H2,18,19,22)/t10-/m1/s1. The van der Waals surface area contributed by atoms with Gasteiger partial charge in [-0.2, -0.15) is 4.98 Å². The van der Waals surface area contributed by atoms with Crippen LogP contribution in [-0.2, 0) is 6.54 Å². The maximum Gasteiger partial charge on any atom is 0.315 e. The number of aryl methyl sites for hydroxylation is 2. The van der Waals surface area contributed by atoms with Gasteiger partial charge in [-0.1, -0.05) is 5.16 Å². The monoisotopic (exact) mass is 344 g/mol. The van der Waals surface area contributed by atoms with Gasteiger partial charge in [-0.05, 0) is 32.0 Å². The zero-order valence-corrected chi connectivity index (χ0v) is 14.5. The van der Waals surface area contributed by atoms with E-state index in [1.165, 1.54) is 0 Å². The van der Waals surface area contributed by atoms with Crippen LogP contribution >= 0.6 is 0 Å². The Morgan fingerprint density at radius 2 is 2.16 bits per heavy atom. The van der Waals surface area contributed by atoms with Gasteiger partial charge in [-0.3, -0.25) is 0 Å². The average molecular weight is 344 g/mol. The van der Waals surface area contributed by atoms with E-state index in [2.05, 4.69) is 20.8 Å². The summed E-state index contributed by atoms with van der Waals surface area (Å²) in [4.78, 5) is 16.1. The summed E-state index contributed by atoms with van der Waals surface area (Å²) >= 11 is 0. The van der Waals surface area contributed by atoms with Crippen LogP contribution in [-0.4, -0.2) is 23.3 Å². The first-order valence-electron chi connectivity index (χ1n) is 7.88. The third-order valence-corrected chi connectivity index (χ3v) is 3.90. The number of carbonyl (C=O) groups excluding carboxylic acids is 1. The van der Waals surface area contributed by atoms with Gasteiger partial charge in [0.1, 0.15) is 17.1 Å². The van der Waals surface area contributed by atoms with Gasteiger partial charge in [0.15, 0.2) is 5.82 Å². The smallest absolute Gasteiger partial charge is 0.315 e. The molecule has 0 saturated carbocycles. The van der Waals surface area contributed by atoms with Gasteiger partial charge in [0.2, 0.25) is 5.89 Å². The van der Waals surface area contributed by atoms with Crippen molar-refractivity contribution >= 4 is 17.0 Å². The topological polar surface area (TPSA) is 102 Å². The molecular weight excluding hydrogens is 324 g/mol.